The zero-order chi connectivity index (χ0) is 16.4. The molecule has 0 amide bonds. The molecular weight excluding hydrogens is 338 g/mol. The average molecular weight is 350 g/mol. The highest BCUT2D eigenvalue weighted by molar-refractivity contribution is 7.92. The van der Waals surface area contributed by atoms with Crippen molar-refractivity contribution in [2.45, 2.75) is 4.90 Å². The number of nitrogens with zero attached hydrogens (tertiary/aromatic N) is 2. The smallest absolute Gasteiger partial charge is 0.265 e. The normalized spacial score (nSPS) is 11.3. The Morgan fingerprint density at radius 2 is 1.83 bits per heavy atom. The summed E-state index contributed by atoms with van der Waals surface area (Å²) >= 11 is 5.75. The van der Waals surface area contributed by atoms with Gasteiger partial charge in [0.1, 0.15) is 4.90 Å². The molecule has 0 radical (unpaired) electrons. The van der Waals surface area contributed by atoms with Gasteiger partial charge in [0.2, 0.25) is 0 Å². The molecule has 0 aliphatic carbocycles. The number of benzene rings is 2. The molecule has 1 aromatic heterocycles. The third-order valence-electron chi connectivity index (χ3n) is 3.09. The molecule has 0 saturated heterocycles. The molecule has 0 atom stereocenters. The molecule has 0 aliphatic heterocycles. The van der Waals surface area contributed by atoms with E-state index in [4.69, 9.17) is 11.6 Å². The molecule has 1 heterocycles. The molecule has 0 bridgehead atoms. The van der Waals surface area contributed by atoms with Gasteiger partial charge in [-0.2, -0.15) is 5.10 Å². The van der Waals surface area contributed by atoms with E-state index >= 15 is 0 Å². The first-order chi connectivity index (χ1) is 11.0. The predicted octanol–water partition coefficient (Wildman–Crippen LogP) is 3.03. The maximum atomic E-state index is 12.4. The lowest BCUT2D eigenvalue weighted by Gasteiger charge is -2.08. The lowest BCUT2D eigenvalue weighted by molar-refractivity contribution is 0.459. The van der Waals surface area contributed by atoms with Crippen LogP contribution >= 0.6 is 11.6 Å². The van der Waals surface area contributed by atoms with Crippen LogP contribution in [0.25, 0.3) is 5.69 Å². The second-order valence-electron chi connectivity index (χ2n) is 4.70. The van der Waals surface area contributed by atoms with Crippen molar-refractivity contribution in [2.75, 3.05) is 4.72 Å². The SMILES string of the molecule is O=S(=O)(Nc1cnn(-c2ccccc2)c1)c1cccc(Cl)c1O. The zero-order valence-electron chi connectivity index (χ0n) is 11.7. The average Bonchev–Trinajstić information content (AvgIpc) is 2.98. The zero-order valence-corrected chi connectivity index (χ0v) is 13.3. The van der Waals surface area contributed by atoms with Crippen molar-refractivity contribution >= 4 is 27.3 Å². The Morgan fingerprint density at radius 3 is 2.57 bits per heavy atom. The Balaban J connectivity index is 1.90. The number of hydrogen-bond acceptors (Lipinski definition) is 4. The van der Waals surface area contributed by atoms with Crippen LogP contribution in [-0.4, -0.2) is 23.3 Å². The fraction of sp³-hybridized carbons (Fsp3) is 0. The highest BCUT2D eigenvalue weighted by Gasteiger charge is 2.21. The van der Waals surface area contributed by atoms with Crippen LogP contribution in [-0.2, 0) is 10.0 Å². The topological polar surface area (TPSA) is 84.2 Å². The summed E-state index contributed by atoms with van der Waals surface area (Å²) < 4.78 is 28.6. The summed E-state index contributed by atoms with van der Waals surface area (Å²) in [6.45, 7) is 0. The number of halogens is 1. The van der Waals surface area contributed by atoms with Crippen LogP contribution in [0.4, 0.5) is 5.69 Å². The summed E-state index contributed by atoms with van der Waals surface area (Å²) in [5.41, 5.74) is 1.07. The van der Waals surface area contributed by atoms with E-state index in [0.29, 0.717) is 0 Å². The third kappa shape index (κ3) is 3.15. The quantitative estimate of drug-likeness (QED) is 0.758. The van der Waals surface area contributed by atoms with Crippen LogP contribution < -0.4 is 4.72 Å². The van der Waals surface area contributed by atoms with Gasteiger partial charge >= 0.3 is 0 Å². The number of aromatic nitrogens is 2. The molecule has 2 aromatic carbocycles. The largest absolute Gasteiger partial charge is 0.505 e. The maximum absolute atomic E-state index is 12.4. The summed E-state index contributed by atoms with van der Waals surface area (Å²) in [6.07, 6.45) is 2.92. The Kier molecular flexibility index (Phi) is 3.97. The van der Waals surface area contributed by atoms with Gasteiger partial charge in [0, 0.05) is 0 Å². The summed E-state index contributed by atoms with van der Waals surface area (Å²) in [5, 5.41) is 13.9. The first kappa shape index (κ1) is 15.4. The molecule has 0 spiro atoms. The lowest BCUT2D eigenvalue weighted by atomic mass is 10.3. The molecule has 6 nitrogen and oxygen atoms in total. The fourth-order valence-corrected chi connectivity index (χ4v) is 3.40. The molecule has 0 fully saturated rings. The van der Waals surface area contributed by atoms with Crippen molar-refractivity contribution in [3.05, 3.63) is 65.9 Å². The molecule has 3 rings (SSSR count). The van der Waals surface area contributed by atoms with Gasteiger partial charge in [-0.3, -0.25) is 4.72 Å². The van der Waals surface area contributed by atoms with E-state index in [-0.39, 0.29) is 15.6 Å². The van der Waals surface area contributed by atoms with Crippen molar-refractivity contribution in [3.8, 4) is 11.4 Å². The van der Waals surface area contributed by atoms with E-state index in [0.717, 1.165) is 5.69 Å². The first-order valence-corrected chi connectivity index (χ1v) is 8.44. The summed E-state index contributed by atoms with van der Waals surface area (Å²) in [5.74, 6) is -0.489. The van der Waals surface area contributed by atoms with Crippen molar-refractivity contribution in [1.29, 1.82) is 0 Å². The predicted molar refractivity (Wildman–Crippen MR) is 87.5 cm³/mol. The number of anilines is 1. The van der Waals surface area contributed by atoms with Crippen molar-refractivity contribution in [3.63, 3.8) is 0 Å². The van der Waals surface area contributed by atoms with Crippen LogP contribution in [0.3, 0.4) is 0 Å². The van der Waals surface area contributed by atoms with Gasteiger partial charge in [0.15, 0.2) is 5.75 Å². The van der Waals surface area contributed by atoms with Crippen molar-refractivity contribution in [1.82, 2.24) is 9.78 Å². The van der Waals surface area contributed by atoms with E-state index in [2.05, 4.69) is 9.82 Å². The molecule has 0 unspecified atom stereocenters. The summed E-state index contributed by atoms with van der Waals surface area (Å²) in [4.78, 5) is -0.294. The first-order valence-electron chi connectivity index (χ1n) is 6.58. The Labute approximate surface area is 138 Å². The van der Waals surface area contributed by atoms with Gasteiger partial charge in [0.25, 0.3) is 10.0 Å². The van der Waals surface area contributed by atoms with Gasteiger partial charge < -0.3 is 5.11 Å². The molecule has 3 aromatic rings. The van der Waals surface area contributed by atoms with Crippen LogP contribution in [0.5, 0.6) is 5.75 Å². The maximum Gasteiger partial charge on any atom is 0.265 e. The van der Waals surface area contributed by atoms with E-state index in [1.54, 1.807) is 0 Å². The highest BCUT2D eigenvalue weighted by Crippen LogP contribution is 2.31. The molecule has 118 valence electrons. The Morgan fingerprint density at radius 1 is 1.09 bits per heavy atom. The van der Waals surface area contributed by atoms with Gasteiger partial charge in [-0.05, 0) is 24.3 Å². The second kappa shape index (κ2) is 5.94. The van der Waals surface area contributed by atoms with Crippen molar-refractivity contribution in [2.24, 2.45) is 0 Å². The standard InChI is InChI=1S/C15H12ClN3O3S/c16-13-7-4-8-14(15(13)20)23(21,22)18-11-9-17-19(10-11)12-5-2-1-3-6-12/h1-10,18,20H. The summed E-state index contributed by atoms with van der Waals surface area (Å²) in [7, 11) is -3.97. The van der Waals surface area contributed by atoms with E-state index < -0.39 is 15.8 Å². The Hall–Kier alpha value is -2.51. The van der Waals surface area contributed by atoms with E-state index in [1.807, 2.05) is 30.3 Å². The van der Waals surface area contributed by atoms with E-state index in [9.17, 15) is 13.5 Å². The number of hydrogen-bond donors (Lipinski definition) is 2. The number of para-hydroxylation sites is 2. The molecule has 0 saturated carbocycles. The number of nitrogens with one attached hydrogen (secondary N) is 1. The molecule has 2 N–H and O–H groups in total. The van der Waals surface area contributed by atoms with Crippen LogP contribution in [0.2, 0.25) is 5.02 Å². The van der Waals surface area contributed by atoms with Gasteiger partial charge in [-0.1, -0.05) is 35.9 Å². The monoisotopic (exact) mass is 349 g/mol. The minimum Gasteiger partial charge on any atom is -0.505 e. The van der Waals surface area contributed by atoms with Crippen LogP contribution in [0.1, 0.15) is 0 Å². The molecular formula is C15H12ClN3O3S. The third-order valence-corrected chi connectivity index (χ3v) is 4.81. The number of sulfonamides is 1. The fourth-order valence-electron chi connectivity index (χ4n) is 2.02. The van der Waals surface area contributed by atoms with Gasteiger partial charge in [0.05, 0.1) is 28.8 Å². The number of aromatic hydroxyl groups is 1. The summed E-state index contributed by atoms with van der Waals surface area (Å²) in [6, 6.07) is 13.4. The molecule has 0 aliphatic rings. The number of rotatable bonds is 4. The minimum absolute atomic E-state index is 0.0344. The number of phenolic OH excluding ortho intramolecular Hbond substituents is 1. The lowest BCUT2D eigenvalue weighted by Crippen LogP contribution is -2.12. The van der Waals surface area contributed by atoms with Crippen molar-refractivity contribution < 1.29 is 13.5 Å². The van der Waals surface area contributed by atoms with Gasteiger partial charge in [-0.15, -0.1) is 0 Å². The van der Waals surface area contributed by atoms with Gasteiger partial charge in [-0.25, -0.2) is 13.1 Å². The number of phenols is 1. The Bertz CT molecular complexity index is 940. The molecule has 8 heteroatoms. The molecule has 23 heavy (non-hydrogen) atoms. The second-order valence-corrected chi connectivity index (χ2v) is 6.76. The van der Waals surface area contributed by atoms with E-state index in [1.165, 1.54) is 35.3 Å². The van der Waals surface area contributed by atoms with Crippen LogP contribution in [0, 0.1) is 0 Å². The minimum atomic E-state index is -3.97. The van der Waals surface area contributed by atoms with Crippen LogP contribution in [0.15, 0.2) is 65.8 Å². The highest BCUT2D eigenvalue weighted by atomic mass is 35.5.